The maximum absolute atomic E-state index is 10.3. The summed E-state index contributed by atoms with van der Waals surface area (Å²) in [4.78, 5) is 10.3. The van der Waals surface area contributed by atoms with Crippen LogP contribution in [0.25, 0.3) is 0 Å². The van der Waals surface area contributed by atoms with Gasteiger partial charge in [-0.25, -0.2) is 0 Å². The van der Waals surface area contributed by atoms with E-state index in [2.05, 4.69) is 10.6 Å². The van der Waals surface area contributed by atoms with Crippen LogP contribution in [0, 0.1) is 0 Å². The van der Waals surface area contributed by atoms with E-state index < -0.39 is 0 Å². The summed E-state index contributed by atoms with van der Waals surface area (Å²) < 4.78 is 0. The number of hydrogen-bond acceptors (Lipinski definition) is 3. The van der Waals surface area contributed by atoms with Crippen molar-refractivity contribution >= 4 is 12.1 Å². The number of carbonyl (C=O) groups excluding carboxylic acids is 1. The zero-order chi connectivity index (χ0) is 11.8. The van der Waals surface area contributed by atoms with Gasteiger partial charge in [0.15, 0.2) is 0 Å². The van der Waals surface area contributed by atoms with Crippen molar-refractivity contribution in [2.45, 2.75) is 13.0 Å². The van der Waals surface area contributed by atoms with Gasteiger partial charge in [-0.3, -0.25) is 4.79 Å². The highest BCUT2D eigenvalue weighted by Crippen LogP contribution is 2.15. The molecule has 0 bridgehead atoms. The van der Waals surface area contributed by atoms with Gasteiger partial charge in [0.2, 0.25) is 6.41 Å². The summed E-state index contributed by atoms with van der Waals surface area (Å²) in [5.74, 6) is 0. The Bertz CT molecular complexity index is 346. The lowest BCUT2D eigenvalue weighted by Gasteiger charge is -2.11. The van der Waals surface area contributed by atoms with Crippen LogP contribution < -0.4 is 16.4 Å². The molecular formula is C12H17N3O. The Morgan fingerprint density at radius 3 is 2.62 bits per heavy atom. The van der Waals surface area contributed by atoms with Crippen molar-refractivity contribution in [1.29, 1.82) is 0 Å². The van der Waals surface area contributed by atoms with Crippen LogP contribution in [0.1, 0.15) is 18.5 Å². The Balaban J connectivity index is 2.60. The van der Waals surface area contributed by atoms with E-state index in [1.165, 1.54) is 0 Å². The minimum Gasteiger partial charge on any atom is -0.362 e. The summed E-state index contributed by atoms with van der Waals surface area (Å²) in [7, 11) is 0. The van der Waals surface area contributed by atoms with Crippen LogP contribution in [0.3, 0.4) is 0 Å². The maximum Gasteiger partial charge on any atom is 0.207 e. The van der Waals surface area contributed by atoms with Gasteiger partial charge in [0.25, 0.3) is 0 Å². The van der Waals surface area contributed by atoms with Gasteiger partial charge in [-0.2, -0.15) is 0 Å². The molecule has 1 aromatic rings. The topological polar surface area (TPSA) is 67.2 Å². The van der Waals surface area contributed by atoms with E-state index in [-0.39, 0.29) is 6.04 Å². The predicted octanol–water partition coefficient (Wildman–Crippen LogP) is 1.38. The highest BCUT2D eigenvalue weighted by molar-refractivity contribution is 5.50. The van der Waals surface area contributed by atoms with E-state index in [1.54, 1.807) is 0 Å². The first-order valence-corrected chi connectivity index (χ1v) is 5.19. The molecular weight excluding hydrogens is 202 g/mol. The average Bonchev–Trinajstić information content (AvgIpc) is 2.30. The molecule has 0 fully saturated rings. The molecule has 1 amide bonds. The molecule has 86 valence electrons. The second kappa shape index (κ2) is 6.63. The molecule has 0 aromatic heterocycles. The Morgan fingerprint density at radius 2 is 2.06 bits per heavy atom. The van der Waals surface area contributed by atoms with Crippen molar-refractivity contribution in [2.24, 2.45) is 5.73 Å². The molecule has 1 aromatic carbocycles. The van der Waals surface area contributed by atoms with Crippen LogP contribution in [0.5, 0.6) is 0 Å². The molecule has 0 radical (unpaired) electrons. The molecule has 0 heterocycles. The maximum atomic E-state index is 10.3. The number of benzene rings is 1. The lowest BCUT2D eigenvalue weighted by molar-refractivity contribution is -0.110. The molecule has 0 saturated heterocycles. The fraction of sp³-hybridized carbons (Fsp3) is 0.250. The van der Waals surface area contributed by atoms with Crippen LogP contribution in [-0.4, -0.2) is 13.0 Å². The first kappa shape index (κ1) is 12.3. The first-order chi connectivity index (χ1) is 7.77. The number of nitrogens with one attached hydrogen (secondary N) is 2. The van der Waals surface area contributed by atoms with E-state index in [1.807, 2.05) is 43.5 Å². The van der Waals surface area contributed by atoms with Gasteiger partial charge >= 0.3 is 0 Å². The molecule has 0 aliphatic carbocycles. The van der Waals surface area contributed by atoms with Gasteiger partial charge in [0, 0.05) is 12.2 Å². The summed E-state index contributed by atoms with van der Waals surface area (Å²) in [5, 5.41) is 5.80. The smallest absolute Gasteiger partial charge is 0.207 e. The Hall–Kier alpha value is -1.81. The lowest BCUT2D eigenvalue weighted by Crippen LogP contribution is -2.15. The third kappa shape index (κ3) is 3.74. The third-order valence-corrected chi connectivity index (χ3v) is 2.23. The number of nitrogens with two attached hydrogens (primary N) is 1. The molecule has 0 spiro atoms. The van der Waals surface area contributed by atoms with Gasteiger partial charge < -0.3 is 16.4 Å². The van der Waals surface area contributed by atoms with Crippen LogP contribution in [0.2, 0.25) is 0 Å². The van der Waals surface area contributed by atoms with Gasteiger partial charge in [-0.15, -0.1) is 0 Å². The fourth-order valence-corrected chi connectivity index (χ4v) is 1.29. The predicted molar refractivity (Wildman–Crippen MR) is 65.9 cm³/mol. The molecule has 1 rings (SSSR count). The zero-order valence-corrected chi connectivity index (χ0v) is 9.31. The van der Waals surface area contributed by atoms with Crippen LogP contribution in [0.4, 0.5) is 5.69 Å². The number of amides is 1. The second-order valence-electron chi connectivity index (χ2n) is 3.41. The summed E-state index contributed by atoms with van der Waals surface area (Å²) >= 11 is 0. The van der Waals surface area contributed by atoms with E-state index in [0.717, 1.165) is 11.3 Å². The van der Waals surface area contributed by atoms with Gasteiger partial charge in [0.05, 0.1) is 6.04 Å². The minimum atomic E-state index is 0.0335. The number of rotatable bonds is 6. The summed E-state index contributed by atoms with van der Waals surface area (Å²) in [6, 6.07) is 7.89. The molecule has 0 aliphatic rings. The quantitative estimate of drug-likeness (QED) is 0.633. The largest absolute Gasteiger partial charge is 0.362 e. The monoisotopic (exact) mass is 219 g/mol. The van der Waals surface area contributed by atoms with Gasteiger partial charge in [-0.05, 0) is 30.8 Å². The molecule has 4 heteroatoms. The van der Waals surface area contributed by atoms with Crippen LogP contribution in [0.15, 0.2) is 36.5 Å². The van der Waals surface area contributed by atoms with E-state index in [4.69, 9.17) is 5.73 Å². The summed E-state index contributed by atoms with van der Waals surface area (Å²) in [6.07, 6.45) is 4.35. The normalized spacial score (nSPS) is 12.4. The number of hydrogen-bond donors (Lipinski definition) is 3. The van der Waals surface area contributed by atoms with Crippen molar-refractivity contribution in [2.75, 3.05) is 11.9 Å². The summed E-state index contributed by atoms with van der Waals surface area (Å²) in [6.45, 7) is 2.45. The molecule has 0 saturated carbocycles. The average molecular weight is 219 g/mol. The molecule has 0 aliphatic heterocycles. The van der Waals surface area contributed by atoms with Crippen LogP contribution >= 0.6 is 0 Å². The fourth-order valence-electron chi connectivity index (χ4n) is 1.29. The van der Waals surface area contributed by atoms with Crippen molar-refractivity contribution in [3.8, 4) is 0 Å². The molecule has 4 N–H and O–H groups in total. The van der Waals surface area contributed by atoms with Gasteiger partial charge in [0.1, 0.15) is 0 Å². The Kier molecular flexibility index (Phi) is 5.08. The first-order valence-electron chi connectivity index (χ1n) is 5.19. The van der Waals surface area contributed by atoms with Crippen LogP contribution in [-0.2, 0) is 4.79 Å². The molecule has 1 atom stereocenters. The van der Waals surface area contributed by atoms with Crippen molar-refractivity contribution < 1.29 is 4.79 Å². The lowest BCUT2D eigenvalue weighted by atomic mass is 10.1. The van der Waals surface area contributed by atoms with E-state index in [0.29, 0.717) is 13.0 Å². The molecule has 0 unspecified atom stereocenters. The highest BCUT2D eigenvalue weighted by Gasteiger charge is 2.02. The Labute approximate surface area is 95.5 Å². The van der Waals surface area contributed by atoms with Crippen molar-refractivity contribution in [3.63, 3.8) is 0 Å². The Morgan fingerprint density at radius 1 is 1.38 bits per heavy atom. The van der Waals surface area contributed by atoms with Crippen molar-refractivity contribution in [3.05, 3.63) is 42.1 Å². The molecule has 16 heavy (non-hydrogen) atoms. The van der Waals surface area contributed by atoms with Crippen molar-refractivity contribution in [1.82, 2.24) is 5.32 Å². The highest BCUT2D eigenvalue weighted by atomic mass is 16.1. The number of anilines is 1. The summed E-state index contributed by atoms with van der Waals surface area (Å²) in [5.41, 5.74) is 7.38. The zero-order valence-electron chi connectivity index (χ0n) is 9.31. The van der Waals surface area contributed by atoms with E-state index >= 15 is 0 Å². The number of carbonyl (C=O) groups is 1. The second-order valence-corrected chi connectivity index (χ2v) is 3.41. The van der Waals surface area contributed by atoms with E-state index in [9.17, 15) is 4.79 Å². The SMILES string of the molecule is C[C@@H](NC=O)c1ccc(N/C=C\CN)cc1. The molecule has 4 nitrogen and oxygen atoms in total. The minimum absolute atomic E-state index is 0.0335. The third-order valence-electron chi connectivity index (χ3n) is 2.23. The standard InChI is InChI=1S/C12H17N3O/c1-10(15-9-16)11-3-5-12(6-4-11)14-8-2-7-13/h2-6,8-10,14H,7,13H2,1H3,(H,15,16)/b8-2-/t10-/m1/s1. The van der Waals surface area contributed by atoms with Gasteiger partial charge in [-0.1, -0.05) is 18.2 Å².